The van der Waals surface area contributed by atoms with Gasteiger partial charge in [0.2, 0.25) is 0 Å². The zero-order valence-electron chi connectivity index (χ0n) is 28.6. The first-order chi connectivity index (χ1) is 20.7. The van der Waals surface area contributed by atoms with Crippen molar-refractivity contribution >= 4 is 14.1 Å². The fraction of sp³-hybridized carbons (Fsp3) is 0.595. The van der Waals surface area contributed by atoms with Gasteiger partial charge in [-0.3, -0.25) is 4.79 Å². The van der Waals surface area contributed by atoms with E-state index in [1.165, 1.54) is 5.57 Å². The van der Waals surface area contributed by atoms with Gasteiger partial charge in [0.15, 0.2) is 20.4 Å². The van der Waals surface area contributed by atoms with E-state index in [1.54, 1.807) is 13.4 Å². The van der Waals surface area contributed by atoms with E-state index in [4.69, 9.17) is 23.4 Å². The molecule has 0 bridgehead atoms. The molecule has 0 saturated heterocycles. The number of benzene rings is 1. The SMILES string of the molecule is C=C(C)[C@@H]1CC(C)=C[C@@H](OCOC)[C@H]1[C@@H](C)C(=O)/C=C(\CCO[Si](C)(C)C(C)(C)C)C1=COC(OCc2ccccc2)CC1. The first-order valence-electron chi connectivity index (χ1n) is 16.1. The molecule has 0 spiro atoms. The molecule has 0 fully saturated rings. The summed E-state index contributed by atoms with van der Waals surface area (Å²) in [6.07, 6.45) is 8.27. The van der Waals surface area contributed by atoms with Crippen LogP contribution in [0.1, 0.15) is 72.8 Å². The highest BCUT2D eigenvalue weighted by molar-refractivity contribution is 6.74. The number of carbonyl (C=O) groups excluding carboxylic acids is 1. The summed E-state index contributed by atoms with van der Waals surface area (Å²) in [4.78, 5) is 14.1. The maximum absolute atomic E-state index is 14.1. The summed E-state index contributed by atoms with van der Waals surface area (Å²) in [6, 6.07) is 10.1. The van der Waals surface area contributed by atoms with Gasteiger partial charge >= 0.3 is 0 Å². The molecule has 1 aliphatic carbocycles. The van der Waals surface area contributed by atoms with Crippen molar-refractivity contribution in [3.63, 3.8) is 0 Å². The quantitative estimate of drug-likeness (QED) is 0.0840. The zero-order valence-corrected chi connectivity index (χ0v) is 29.6. The first-order valence-corrected chi connectivity index (χ1v) is 19.0. The number of ether oxygens (including phenoxy) is 4. The Balaban J connectivity index is 1.82. The Morgan fingerprint density at radius 2 is 1.89 bits per heavy atom. The molecule has 1 unspecified atom stereocenters. The van der Waals surface area contributed by atoms with Crippen molar-refractivity contribution < 1.29 is 28.2 Å². The van der Waals surface area contributed by atoms with Crippen LogP contribution >= 0.6 is 0 Å². The Morgan fingerprint density at radius 3 is 2.48 bits per heavy atom. The topological polar surface area (TPSA) is 63.2 Å². The second-order valence-corrected chi connectivity index (χ2v) is 18.9. The van der Waals surface area contributed by atoms with Crippen LogP contribution in [0.2, 0.25) is 18.1 Å². The predicted molar refractivity (Wildman–Crippen MR) is 180 cm³/mol. The van der Waals surface area contributed by atoms with Crippen molar-refractivity contribution in [1.82, 2.24) is 0 Å². The van der Waals surface area contributed by atoms with Crippen LogP contribution in [0.3, 0.4) is 0 Å². The van der Waals surface area contributed by atoms with Gasteiger partial charge in [-0.05, 0) is 79.9 Å². The summed E-state index contributed by atoms with van der Waals surface area (Å²) in [5, 5.41) is 0.110. The molecule has 44 heavy (non-hydrogen) atoms. The van der Waals surface area contributed by atoms with Crippen molar-refractivity contribution in [1.29, 1.82) is 0 Å². The van der Waals surface area contributed by atoms with Crippen LogP contribution in [-0.2, 0) is 34.8 Å². The Hall–Kier alpha value is -2.29. The molecular weight excluding hydrogens is 568 g/mol. The van der Waals surface area contributed by atoms with Crippen molar-refractivity contribution in [3.8, 4) is 0 Å². The van der Waals surface area contributed by atoms with Crippen LogP contribution in [0.5, 0.6) is 0 Å². The summed E-state index contributed by atoms with van der Waals surface area (Å²) in [5.41, 5.74) is 5.45. The van der Waals surface area contributed by atoms with E-state index in [2.05, 4.69) is 60.4 Å². The maximum atomic E-state index is 14.1. The largest absolute Gasteiger partial charge is 0.472 e. The van der Waals surface area contributed by atoms with Gasteiger partial charge in [-0.15, -0.1) is 0 Å². The van der Waals surface area contributed by atoms with E-state index in [1.807, 2.05) is 43.3 Å². The molecule has 0 N–H and O–H groups in total. The standard InChI is InChI=1S/C37H56O6Si/c1-26(2)32-20-27(3)21-34(42-25-39-8)36(32)28(4)33(38)22-30(18-19-43-44(9,10)37(5,6)7)31-16-17-35(41-24-31)40-23-29-14-12-11-13-15-29/h11-15,21-22,24,28,32,34-36H,1,16-20,23,25H2,2-10H3/b30-22+/t28-,32-,34+,35?,36-/m0/s1. The molecule has 2 aliphatic rings. The molecule has 244 valence electrons. The molecule has 0 aromatic heterocycles. The molecule has 1 heterocycles. The van der Waals surface area contributed by atoms with Crippen LogP contribution in [0, 0.1) is 17.8 Å². The second-order valence-electron chi connectivity index (χ2n) is 14.0. The van der Waals surface area contributed by atoms with Crippen LogP contribution in [0.25, 0.3) is 0 Å². The van der Waals surface area contributed by atoms with Gasteiger partial charge in [0.05, 0.1) is 19.0 Å². The Labute approximate surface area is 267 Å². The minimum absolute atomic E-state index is 0.0350. The third-order valence-corrected chi connectivity index (χ3v) is 14.1. The Bertz CT molecular complexity index is 1190. The first kappa shape index (κ1) is 36.2. The smallest absolute Gasteiger partial charge is 0.199 e. The zero-order chi connectivity index (χ0) is 32.5. The van der Waals surface area contributed by atoms with Gasteiger partial charge in [-0.25, -0.2) is 0 Å². The lowest BCUT2D eigenvalue weighted by Gasteiger charge is -2.39. The number of carbonyl (C=O) groups is 1. The lowest BCUT2D eigenvalue weighted by Crippen LogP contribution is -2.41. The minimum Gasteiger partial charge on any atom is -0.472 e. The van der Waals surface area contributed by atoms with E-state index in [-0.39, 0.29) is 47.8 Å². The van der Waals surface area contributed by atoms with Crippen LogP contribution in [0.4, 0.5) is 0 Å². The molecule has 3 rings (SSSR count). The summed E-state index contributed by atoms with van der Waals surface area (Å²) in [7, 11) is -0.319. The van der Waals surface area contributed by atoms with Gasteiger partial charge < -0.3 is 23.4 Å². The highest BCUT2D eigenvalue weighted by Crippen LogP contribution is 2.41. The molecule has 6 nitrogen and oxygen atoms in total. The highest BCUT2D eigenvalue weighted by atomic mass is 28.4. The Kier molecular flexibility index (Phi) is 13.4. The lowest BCUT2D eigenvalue weighted by molar-refractivity contribution is -0.126. The average Bonchev–Trinajstić information content (AvgIpc) is 2.97. The molecule has 1 aromatic rings. The maximum Gasteiger partial charge on any atom is 0.199 e. The molecule has 1 aliphatic heterocycles. The van der Waals surface area contributed by atoms with Crippen LogP contribution in [-0.4, -0.2) is 47.0 Å². The summed E-state index contributed by atoms with van der Waals surface area (Å²) in [5.74, 6) is -0.0660. The Morgan fingerprint density at radius 1 is 1.18 bits per heavy atom. The molecule has 0 saturated carbocycles. The number of hydrogen-bond acceptors (Lipinski definition) is 6. The molecule has 1 aromatic carbocycles. The average molecular weight is 625 g/mol. The second kappa shape index (κ2) is 16.3. The summed E-state index contributed by atoms with van der Waals surface area (Å²) < 4.78 is 30.0. The minimum atomic E-state index is -1.94. The molecular formula is C37H56O6Si. The number of allylic oxidation sites excluding steroid dienone is 4. The van der Waals surface area contributed by atoms with E-state index in [0.717, 1.165) is 41.5 Å². The van der Waals surface area contributed by atoms with Gasteiger partial charge in [-0.1, -0.05) is 81.8 Å². The fourth-order valence-electron chi connectivity index (χ4n) is 5.74. The van der Waals surface area contributed by atoms with E-state index < -0.39 is 8.32 Å². The highest BCUT2D eigenvalue weighted by Gasteiger charge is 2.40. The van der Waals surface area contributed by atoms with Gasteiger partial charge in [0.1, 0.15) is 6.79 Å². The van der Waals surface area contributed by atoms with Crippen molar-refractivity contribution in [2.24, 2.45) is 17.8 Å². The van der Waals surface area contributed by atoms with E-state index in [9.17, 15) is 4.79 Å². The molecule has 0 amide bonds. The van der Waals surface area contributed by atoms with Gasteiger partial charge in [0, 0.05) is 32.0 Å². The van der Waals surface area contributed by atoms with Crippen LogP contribution in [0.15, 0.2) is 77.6 Å². The molecule has 5 atom stereocenters. The monoisotopic (exact) mass is 624 g/mol. The van der Waals surface area contributed by atoms with Crippen LogP contribution < -0.4 is 0 Å². The number of ketones is 1. The van der Waals surface area contributed by atoms with Gasteiger partial charge in [-0.2, -0.15) is 0 Å². The van der Waals surface area contributed by atoms with Crippen molar-refractivity contribution in [2.45, 2.75) is 104 Å². The van der Waals surface area contributed by atoms with Crippen molar-refractivity contribution in [2.75, 3.05) is 20.5 Å². The summed E-state index contributed by atoms with van der Waals surface area (Å²) in [6.45, 7) is 23.0. The third kappa shape index (κ3) is 10.1. The van der Waals surface area contributed by atoms with E-state index >= 15 is 0 Å². The molecule has 7 heteroatoms. The van der Waals surface area contributed by atoms with Crippen molar-refractivity contribution in [3.05, 3.63) is 83.2 Å². The number of hydrogen-bond donors (Lipinski definition) is 0. The predicted octanol–water partition coefficient (Wildman–Crippen LogP) is 8.91. The third-order valence-electron chi connectivity index (χ3n) is 9.53. The summed E-state index contributed by atoms with van der Waals surface area (Å²) >= 11 is 0. The fourth-order valence-corrected chi connectivity index (χ4v) is 6.79. The normalized spacial score (nSPS) is 23.8. The number of rotatable bonds is 15. The van der Waals surface area contributed by atoms with E-state index in [0.29, 0.717) is 19.6 Å². The molecule has 0 radical (unpaired) electrons. The number of methoxy groups -OCH3 is 1. The lowest BCUT2D eigenvalue weighted by atomic mass is 9.68. The van der Waals surface area contributed by atoms with Gasteiger partial charge in [0.25, 0.3) is 0 Å².